The number of nitrogens with zero attached hydrogens (tertiary/aromatic N) is 2. The van der Waals surface area contributed by atoms with Crippen LogP contribution in [0.1, 0.15) is 0 Å². The van der Waals surface area contributed by atoms with Crippen LogP contribution in [-0.4, -0.2) is 30.5 Å². The number of isocyanates is 2. The zero-order valence-electron chi connectivity index (χ0n) is 5.56. The summed E-state index contributed by atoms with van der Waals surface area (Å²) in [6.07, 6.45) is 2.77. The van der Waals surface area contributed by atoms with Crippen molar-refractivity contribution in [2.45, 2.75) is 6.04 Å². The molecule has 0 radical (unpaired) electrons. The molecule has 0 aromatic carbocycles. The molecule has 0 aliphatic heterocycles. The highest BCUT2D eigenvalue weighted by Crippen LogP contribution is 2.08. The van der Waals surface area contributed by atoms with Gasteiger partial charge >= 0.3 is 0 Å². The largest absolute Gasteiger partial charge is 0.235 e. The maximum atomic E-state index is 9.79. The number of carbonyl (C=O) groups excluding carboxylic acids is 2. The van der Waals surface area contributed by atoms with Gasteiger partial charge in [-0.3, -0.25) is 0 Å². The van der Waals surface area contributed by atoms with Gasteiger partial charge in [0.15, 0.2) is 0 Å². The summed E-state index contributed by atoms with van der Waals surface area (Å²) in [6, 6.07) is -0.309. The van der Waals surface area contributed by atoms with Gasteiger partial charge < -0.3 is 0 Å². The summed E-state index contributed by atoms with van der Waals surface area (Å²) >= 11 is 3.86. The lowest BCUT2D eigenvalue weighted by Gasteiger charge is -2.01. The summed E-state index contributed by atoms with van der Waals surface area (Å²) in [5.74, 6) is 0.531. The molecule has 0 spiro atoms. The Balaban J connectivity index is 3.87. The van der Waals surface area contributed by atoms with Crippen molar-refractivity contribution in [2.24, 2.45) is 9.98 Å². The number of hydrogen-bond donors (Lipinski definition) is 1. The van der Waals surface area contributed by atoms with E-state index in [1.54, 1.807) is 0 Å². The first-order valence-corrected chi connectivity index (χ1v) is 4.76. The fourth-order valence-electron chi connectivity index (χ4n) is 0.434. The molecule has 0 fully saturated rings. The monoisotopic (exact) mass is 190 g/mol. The van der Waals surface area contributed by atoms with Crippen molar-refractivity contribution in [1.82, 2.24) is 0 Å². The van der Waals surface area contributed by atoms with Crippen LogP contribution in [-0.2, 0) is 9.59 Å². The fourth-order valence-corrected chi connectivity index (χ4v) is 1.30. The Hall–Kier alpha value is -0.540. The summed E-state index contributed by atoms with van der Waals surface area (Å²) in [6.45, 7) is 0.173. The molecular formula is C5H6N2O2S2. The average molecular weight is 190 g/mol. The van der Waals surface area contributed by atoms with E-state index in [9.17, 15) is 9.59 Å². The second-order valence-corrected chi connectivity index (χ2v) is 2.97. The van der Waals surface area contributed by atoms with Crippen molar-refractivity contribution in [1.29, 1.82) is 0 Å². The first-order valence-electron chi connectivity index (χ1n) is 2.72. The molecule has 0 N–H and O–H groups in total. The van der Waals surface area contributed by atoms with Crippen LogP contribution >= 0.6 is 22.5 Å². The number of rotatable bonds is 5. The highest BCUT2D eigenvalue weighted by atomic mass is 33.1. The molecule has 0 aromatic heterocycles. The first kappa shape index (κ1) is 10.5. The van der Waals surface area contributed by atoms with Crippen LogP contribution in [0.3, 0.4) is 0 Å². The zero-order chi connectivity index (χ0) is 8.53. The van der Waals surface area contributed by atoms with Gasteiger partial charge in [0.2, 0.25) is 12.2 Å². The summed E-state index contributed by atoms with van der Waals surface area (Å²) in [7, 11) is 1.23. The molecule has 0 heterocycles. The van der Waals surface area contributed by atoms with Crippen molar-refractivity contribution in [3.05, 3.63) is 0 Å². The molecule has 0 amide bonds. The van der Waals surface area contributed by atoms with Gasteiger partial charge in [-0.1, -0.05) is 10.8 Å². The Labute approximate surface area is 73.0 Å². The minimum atomic E-state index is -0.309. The minimum absolute atomic E-state index is 0.173. The molecule has 0 aliphatic rings. The van der Waals surface area contributed by atoms with E-state index in [0.29, 0.717) is 5.75 Å². The Bertz CT molecular complexity index is 197. The second kappa shape index (κ2) is 7.57. The number of aliphatic imine (C=N–C) groups is 2. The van der Waals surface area contributed by atoms with Crippen molar-refractivity contribution < 1.29 is 9.59 Å². The van der Waals surface area contributed by atoms with Crippen LogP contribution in [0.15, 0.2) is 9.98 Å². The smallest absolute Gasteiger partial charge is 0.211 e. The van der Waals surface area contributed by atoms with E-state index in [0.717, 1.165) is 0 Å². The maximum Gasteiger partial charge on any atom is 0.235 e. The third kappa shape index (κ3) is 5.88. The molecule has 0 bridgehead atoms. The van der Waals surface area contributed by atoms with Gasteiger partial charge in [-0.2, -0.15) is 4.99 Å². The van der Waals surface area contributed by atoms with E-state index >= 15 is 0 Å². The number of hydrogen-bond acceptors (Lipinski definition) is 6. The Kier molecular flexibility index (Phi) is 7.19. The van der Waals surface area contributed by atoms with Crippen LogP contribution in [0.2, 0.25) is 0 Å². The molecule has 6 heteroatoms. The summed E-state index contributed by atoms with van der Waals surface area (Å²) < 4.78 is 0. The minimum Gasteiger partial charge on any atom is -0.211 e. The van der Waals surface area contributed by atoms with E-state index in [1.165, 1.54) is 23.0 Å². The molecule has 0 saturated carbocycles. The Morgan fingerprint density at radius 1 is 1.45 bits per heavy atom. The third-order valence-electron chi connectivity index (χ3n) is 0.869. The lowest BCUT2D eigenvalue weighted by atomic mass is 10.4. The topological polar surface area (TPSA) is 58.9 Å². The molecule has 0 aliphatic carbocycles. The molecule has 11 heavy (non-hydrogen) atoms. The molecule has 4 nitrogen and oxygen atoms in total. The van der Waals surface area contributed by atoms with Crippen LogP contribution in [0.5, 0.6) is 0 Å². The first-order chi connectivity index (χ1) is 5.35. The molecule has 1 atom stereocenters. The van der Waals surface area contributed by atoms with Gasteiger partial charge in [-0.15, -0.1) is 11.7 Å². The summed E-state index contributed by atoms with van der Waals surface area (Å²) in [5.41, 5.74) is 0. The predicted molar refractivity (Wildman–Crippen MR) is 46.3 cm³/mol. The molecule has 0 rings (SSSR count). The predicted octanol–water partition coefficient (Wildman–Crippen LogP) is 0.605. The second-order valence-electron chi connectivity index (χ2n) is 1.60. The molecule has 60 valence electrons. The third-order valence-corrected chi connectivity index (χ3v) is 1.85. The van der Waals surface area contributed by atoms with Gasteiger partial charge in [0, 0.05) is 5.75 Å². The van der Waals surface area contributed by atoms with Crippen molar-refractivity contribution in [3.8, 4) is 0 Å². The van der Waals surface area contributed by atoms with Crippen molar-refractivity contribution >= 4 is 34.6 Å². The van der Waals surface area contributed by atoms with E-state index in [1.807, 2.05) is 0 Å². The highest BCUT2D eigenvalue weighted by molar-refractivity contribution is 8.68. The normalized spacial score (nSPS) is 11.0. The van der Waals surface area contributed by atoms with Crippen LogP contribution in [0.4, 0.5) is 0 Å². The van der Waals surface area contributed by atoms with Gasteiger partial charge in [-0.25, -0.2) is 14.6 Å². The fraction of sp³-hybridized carbons (Fsp3) is 0.600. The van der Waals surface area contributed by atoms with Gasteiger partial charge in [-0.05, 0) is 0 Å². The summed E-state index contributed by atoms with van der Waals surface area (Å²) in [4.78, 5) is 26.1. The number of thiol groups is 1. The molecule has 0 aromatic rings. The Morgan fingerprint density at radius 3 is 2.64 bits per heavy atom. The average Bonchev–Trinajstić information content (AvgIpc) is 2.01. The molecule has 1 unspecified atom stereocenters. The maximum absolute atomic E-state index is 9.79. The highest BCUT2D eigenvalue weighted by Gasteiger charge is 2.03. The van der Waals surface area contributed by atoms with E-state index in [-0.39, 0.29) is 12.6 Å². The van der Waals surface area contributed by atoms with Crippen LogP contribution in [0, 0.1) is 0 Å². The van der Waals surface area contributed by atoms with E-state index in [4.69, 9.17) is 0 Å². The van der Waals surface area contributed by atoms with Gasteiger partial charge in [0.25, 0.3) is 0 Å². The van der Waals surface area contributed by atoms with Crippen molar-refractivity contribution in [2.75, 3.05) is 12.3 Å². The molecule has 0 saturated heterocycles. The molecular weight excluding hydrogens is 184 g/mol. The van der Waals surface area contributed by atoms with Crippen LogP contribution in [0.25, 0.3) is 0 Å². The van der Waals surface area contributed by atoms with Gasteiger partial charge in [0.1, 0.15) is 0 Å². The lowest BCUT2D eigenvalue weighted by molar-refractivity contribution is 0.555. The van der Waals surface area contributed by atoms with Crippen molar-refractivity contribution in [3.63, 3.8) is 0 Å². The lowest BCUT2D eigenvalue weighted by Crippen LogP contribution is -2.10. The Morgan fingerprint density at radius 2 is 2.18 bits per heavy atom. The van der Waals surface area contributed by atoms with Crippen LogP contribution < -0.4 is 0 Å². The van der Waals surface area contributed by atoms with Gasteiger partial charge in [0.05, 0.1) is 12.6 Å². The quantitative estimate of drug-likeness (QED) is 0.299. The van der Waals surface area contributed by atoms with E-state index in [2.05, 4.69) is 21.6 Å². The SMILES string of the molecule is O=C=NCC(CSS)N=C=O. The summed E-state index contributed by atoms with van der Waals surface area (Å²) in [5, 5.41) is 0. The standard InChI is InChI=1S/C5H6N2O2S2/c8-3-6-1-5(2-11-10)7-4-9/h5,10H,1-2H2. The van der Waals surface area contributed by atoms with E-state index < -0.39 is 0 Å². The zero-order valence-corrected chi connectivity index (χ0v) is 7.27.